The van der Waals surface area contributed by atoms with Gasteiger partial charge in [-0.1, -0.05) is 29.8 Å². The van der Waals surface area contributed by atoms with Gasteiger partial charge in [-0.2, -0.15) is 10.2 Å². The topological polar surface area (TPSA) is 83.1 Å². The molecule has 6 heteroatoms. The monoisotopic (exact) mass is 327 g/mol. The number of imidazole rings is 1. The van der Waals surface area contributed by atoms with Crippen molar-refractivity contribution >= 4 is 28.5 Å². The van der Waals surface area contributed by atoms with Gasteiger partial charge in [-0.3, -0.25) is 9.20 Å². The van der Waals surface area contributed by atoms with Crippen molar-refractivity contribution in [1.82, 2.24) is 14.4 Å². The maximum atomic E-state index is 12.4. The number of carbonyl (C=O) groups excluding carboxylic acids is 1. The number of para-hydroxylation sites is 2. The number of nitrogens with zero attached hydrogens (tertiary/aromatic N) is 4. The Morgan fingerprint density at radius 2 is 1.88 bits per heavy atom. The van der Waals surface area contributed by atoms with E-state index in [1.807, 2.05) is 43.3 Å². The highest BCUT2D eigenvalue weighted by Gasteiger charge is 2.14. The minimum Gasteiger partial charge on any atom is -0.305 e. The van der Waals surface area contributed by atoms with Gasteiger partial charge >= 0.3 is 0 Å². The van der Waals surface area contributed by atoms with Crippen LogP contribution >= 0.6 is 0 Å². The summed E-state index contributed by atoms with van der Waals surface area (Å²) in [6.07, 6.45) is 1.64. The maximum absolute atomic E-state index is 12.4. The van der Waals surface area contributed by atoms with Gasteiger partial charge in [0.25, 0.3) is 5.91 Å². The third-order valence-electron chi connectivity index (χ3n) is 3.97. The summed E-state index contributed by atoms with van der Waals surface area (Å²) in [5.41, 5.74) is 3.48. The molecule has 6 nitrogen and oxygen atoms in total. The van der Waals surface area contributed by atoms with E-state index in [0.717, 1.165) is 16.6 Å². The van der Waals surface area contributed by atoms with Gasteiger partial charge in [0.15, 0.2) is 5.82 Å². The van der Waals surface area contributed by atoms with E-state index in [2.05, 4.69) is 21.4 Å². The van der Waals surface area contributed by atoms with Crippen molar-refractivity contribution in [2.75, 3.05) is 5.32 Å². The van der Waals surface area contributed by atoms with E-state index in [9.17, 15) is 10.1 Å². The molecule has 0 aliphatic heterocycles. The van der Waals surface area contributed by atoms with Crippen LogP contribution in [-0.4, -0.2) is 20.3 Å². The van der Waals surface area contributed by atoms with Crippen LogP contribution < -0.4 is 5.32 Å². The summed E-state index contributed by atoms with van der Waals surface area (Å²) in [5.74, 6) is 0.319. The molecule has 0 fully saturated rings. The Balaban J connectivity index is 1.78. The van der Waals surface area contributed by atoms with E-state index >= 15 is 0 Å². The van der Waals surface area contributed by atoms with Crippen LogP contribution in [0.5, 0.6) is 0 Å². The number of aryl methyl sites for hydroxylation is 1. The molecular weight excluding hydrogens is 314 g/mol. The number of benzene rings is 2. The molecule has 25 heavy (non-hydrogen) atoms. The second kappa shape index (κ2) is 5.73. The Labute approximate surface area is 143 Å². The van der Waals surface area contributed by atoms with Crippen LogP contribution in [0.4, 0.5) is 5.82 Å². The molecule has 2 heterocycles. The van der Waals surface area contributed by atoms with Gasteiger partial charge in [-0.25, -0.2) is 4.98 Å². The lowest BCUT2D eigenvalue weighted by atomic mass is 10.1. The zero-order chi connectivity index (χ0) is 17.4. The lowest BCUT2D eigenvalue weighted by molar-refractivity contribution is 0.102. The van der Waals surface area contributed by atoms with Gasteiger partial charge in [-0.15, -0.1) is 0 Å². The lowest BCUT2D eigenvalue weighted by Crippen LogP contribution is -2.14. The zero-order valence-corrected chi connectivity index (χ0v) is 13.4. The molecule has 0 bridgehead atoms. The number of amides is 1. The normalized spacial score (nSPS) is 10.7. The number of carbonyl (C=O) groups is 1. The fourth-order valence-electron chi connectivity index (χ4n) is 2.65. The molecule has 0 spiro atoms. The quantitative estimate of drug-likeness (QED) is 0.612. The zero-order valence-electron chi connectivity index (χ0n) is 13.4. The van der Waals surface area contributed by atoms with Gasteiger partial charge in [0.1, 0.15) is 11.6 Å². The number of rotatable bonds is 2. The molecule has 0 radical (unpaired) electrons. The van der Waals surface area contributed by atoms with Crippen LogP contribution in [0.2, 0.25) is 0 Å². The summed E-state index contributed by atoms with van der Waals surface area (Å²) in [5, 5.41) is 12.1. The average Bonchev–Trinajstić information content (AvgIpc) is 2.99. The van der Waals surface area contributed by atoms with Gasteiger partial charge in [0, 0.05) is 11.8 Å². The van der Waals surface area contributed by atoms with E-state index in [0.29, 0.717) is 11.3 Å². The second-order valence-electron chi connectivity index (χ2n) is 5.71. The van der Waals surface area contributed by atoms with E-state index in [1.54, 1.807) is 22.7 Å². The van der Waals surface area contributed by atoms with Crippen LogP contribution in [0.15, 0.2) is 54.7 Å². The number of hydrogen-bond acceptors (Lipinski definition) is 4. The van der Waals surface area contributed by atoms with Crippen molar-refractivity contribution in [3.63, 3.8) is 0 Å². The SMILES string of the molecule is Cc1ccc(C(=O)Nc2nc3nc4ccccc4n3cc2C#N)cc1. The lowest BCUT2D eigenvalue weighted by Gasteiger charge is -2.07. The molecule has 1 N–H and O–H groups in total. The van der Waals surface area contributed by atoms with Gasteiger partial charge < -0.3 is 5.32 Å². The van der Waals surface area contributed by atoms with Crippen LogP contribution in [-0.2, 0) is 0 Å². The number of fused-ring (bicyclic) bond motifs is 3. The third kappa shape index (κ3) is 2.58. The van der Waals surface area contributed by atoms with Crippen molar-refractivity contribution in [3.8, 4) is 6.07 Å². The van der Waals surface area contributed by atoms with Crippen molar-refractivity contribution in [3.05, 3.63) is 71.4 Å². The van der Waals surface area contributed by atoms with E-state index in [1.165, 1.54) is 0 Å². The average molecular weight is 327 g/mol. The molecular formula is C19H13N5O. The first-order valence-corrected chi connectivity index (χ1v) is 7.71. The third-order valence-corrected chi connectivity index (χ3v) is 3.97. The first kappa shape index (κ1) is 14.8. The van der Waals surface area contributed by atoms with Crippen LogP contribution in [0, 0.1) is 18.3 Å². The molecule has 2 aromatic carbocycles. The van der Waals surface area contributed by atoms with Crippen LogP contribution in [0.25, 0.3) is 16.8 Å². The highest BCUT2D eigenvalue weighted by atomic mass is 16.1. The van der Waals surface area contributed by atoms with Crippen molar-refractivity contribution in [2.24, 2.45) is 0 Å². The van der Waals surface area contributed by atoms with Gasteiger partial charge in [0.05, 0.1) is 11.0 Å². The van der Waals surface area contributed by atoms with E-state index in [-0.39, 0.29) is 17.3 Å². The van der Waals surface area contributed by atoms with Gasteiger partial charge in [0.2, 0.25) is 5.78 Å². The number of hydrogen-bond donors (Lipinski definition) is 1. The van der Waals surface area contributed by atoms with Crippen molar-refractivity contribution in [2.45, 2.75) is 6.92 Å². The fourth-order valence-corrected chi connectivity index (χ4v) is 2.65. The van der Waals surface area contributed by atoms with Crippen LogP contribution in [0.3, 0.4) is 0 Å². The summed E-state index contributed by atoms with van der Waals surface area (Å²) in [6, 6.07) is 16.8. The molecule has 0 saturated heterocycles. The Hall–Kier alpha value is -3.72. The Kier molecular flexibility index (Phi) is 3.40. The minimum absolute atomic E-state index is 0.205. The maximum Gasteiger partial charge on any atom is 0.256 e. The predicted molar refractivity (Wildman–Crippen MR) is 94.3 cm³/mol. The van der Waals surface area contributed by atoms with E-state index in [4.69, 9.17) is 0 Å². The summed E-state index contributed by atoms with van der Waals surface area (Å²) in [4.78, 5) is 21.2. The molecule has 4 aromatic rings. The molecule has 0 aliphatic carbocycles. The molecule has 0 saturated carbocycles. The molecule has 0 unspecified atom stereocenters. The predicted octanol–water partition coefficient (Wildman–Crippen LogP) is 3.31. The van der Waals surface area contributed by atoms with E-state index < -0.39 is 0 Å². The molecule has 120 valence electrons. The first-order chi connectivity index (χ1) is 12.2. The Morgan fingerprint density at radius 1 is 1.12 bits per heavy atom. The highest BCUT2D eigenvalue weighted by molar-refractivity contribution is 6.04. The highest BCUT2D eigenvalue weighted by Crippen LogP contribution is 2.20. The molecule has 0 aliphatic rings. The summed E-state index contributed by atoms with van der Waals surface area (Å²) in [6.45, 7) is 1.95. The van der Waals surface area contributed by atoms with Crippen molar-refractivity contribution in [1.29, 1.82) is 5.26 Å². The standard InChI is InChI=1S/C19H13N5O/c1-12-6-8-13(9-7-12)18(25)22-17-14(10-20)11-24-16-5-3-2-4-15(16)21-19(24)23-17/h2-9,11H,1H3,(H,21,22,23,25). The number of nitriles is 1. The van der Waals surface area contributed by atoms with Crippen molar-refractivity contribution < 1.29 is 4.79 Å². The molecule has 2 aromatic heterocycles. The number of aromatic nitrogens is 3. The largest absolute Gasteiger partial charge is 0.305 e. The second-order valence-corrected chi connectivity index (χ2v) is 5.71. The number of anilines is 1. The molecule has 4 rings (SSSR count). The Bertz CT molecular complexity index is 1150. The van der Waals surface area contributed by atoms with Gasteiger partial charge in [-0.05, 0) is 31.2 Å². The minimum atomic E-state index is -0.315. The Morgan fingerprint density at radius 3 is 2.64 bits per heavy atom. The molecule has 1 amide bonds. The smallest absolute Gasteiger partial charge is 0.256 e. The fraction of sp³-hybridized carbons (Fsp3) is 0.0526. The first-order valence-electron chi connectivity index (χ1n) is 7.71. The number of nitrogens with one attached hydrogen (secondary N) is 1. The summed E-state index contributed by atoms with van der Waals surface area (Å²) in [7, 11) is 0. The molecule has 0 atom stereocenters. The summed E-state index contributed by atoms with van der Waals surface area (Å²) >= 11 is 0. The van der Waals surface area contributed by atoms with Crippen LogP contribution in [0.1, 0.15) is 21.5 Å². The summed E-state index contributed by atoms with van der Waals surface area (Å²) < 4.78 is 1.75.